The van der Waals surface area contributed by atoms with Crippen LogP contribution in [0.3, 0.4) is 0 Å². The van der Waals surface area contributed by atoms with Crippen LogP contribution in [0.4, 0.5) is 5.69 Å². The summed E-state index contributed by atoms with van der Waals surface area (Å²) in [7, 11) is 1.75. The van der Waals surface area contributed by atoms with Crippen molar-refractivity contribution in [3.05, 3.63) is 60.4 Å². The molecule has 2 N–H and O–H groups in total. The summed E-state index contributed by atoms with van der Waals surface area (Å²) in [5.41, 5.74) is 2.12. The van der Waals surface area contributed by atoms with E-state index < -0.39 is 0 Å². The van der Waals surface area contributed by atoms with Crippen molar-refractivity contribution in [1.29, 1.82) is 0 Å². The minimum absolute atomic E-state index is 0.0941. The monoisotopic (exact) mass is 351 g/mol. The second-order valence-corrected chi connectivity index (χ2v) is 6.79. The van der Waals surface area contributed by atoms with Gasteiger partial charge in [0.1, 0.15) is 0 Å². The Kier molecular flexibility index (Phi) is 5.51. The molecule has 26 heavy (non-hydrogen) atoms. The van der Waals surface area contributed by atoms with Gasteiger partial charge in [0, 0.05) is 31.7 Å². The van der Waals surface area contributed by atoms with Crippen molar-refractivity contribution in [2.24, 2.45) is 4.99 Å². The molecule has 6 heteroatoms. The lowest BCUT2D eigenvalue weighted by Gasteiger charge is -2.27. The fourth-order valence-corrected chi connectivity index (χ4v) is 3.35. The van der Waals surface area contributed by atoms with Crippen LogP contribution in [-0.4, -0.2) is 48.4 Å². The fourth-order valence-electron chi connectivity index (χ4n) is 3.35. The number of aromatic nitrogens is 1. The molecule has 1 aromatic heterocycles. The first kappa shape index (κ1) is 17.9. The molecular weight excluding hydrogens is 326 g/mol. The highest BCUT2D eigenvalue weighted by molar-refractivity contribution is 5.94. The lowest BCUT2D eigenvalue weighted by Crippen LogP contribution is -2.44. The van der Waals surface area contributed by atoms with Gasteiger partial charge < -0.3 is 15.5 Å². The second-order valence-electron chi connectivity index (χ2n) is 6.79. The van der Waals surface area contributed by atoms with Crippen LogP contribution in [0, 0.1) is 0 Å². The maximum atomic E-state index is 12.1. The van der Waals surface area contributed by atoms with Gasteiger partial charge in [-0.3, -0.25) is 14.8 Å². The third-order valence-electron chi connectivity index (χ3n) is 4.81. The minimum Gasteiger partial charge on any atom is -0.347 e. The summed E-state index contributed by atoms with van der Waals surface area (Å²) < 4.78 is 0. The average molecular weight is 351 g/mol. The summed E-state index contributed by atoms with van der Waals surface area (Å²) in [6.45, 7) is 4.24. The molecule has 0 spiro atoms. The largest absolute Gasteiger partial charge is 0.347 e. The maximum absolute atomic E-state index is 12.1. The molecule has 2 aromatic rings. The zero-order chi connectivity index (χ0) is 18.4. The molecule has 6 nitrogen and oxygen atoms in total. The Morgan fingerprint density at radius 3 is 2.77 bits per heavy atom. The third kappa shape index (κ3) is 4.20. The summed E-state index contributed by atoms with van der Waals surface area (Å²) in [6, 6.07) is 14.2. The second kappa shape index (κ2) is 7.99. The normalized spacial score (nSPS) is 20.1. The number of nitrogens with zero attached hydrogens (tertiary/aromatic N) is 3. The molecule has 2 heterocycles. The van der Waals surface area contributed by atoms with Crippen molar-refractivity contribution < 1.29 is 4.79 Å². The topological polar surface area (TPSA) is 69.6 Å². The first-order valence-electron chi connectivity index (χ1n) is 8.82. The number of nitrogens with one attached hydrogen (secondary N) is 2. The van der Waals surface area contributed by atoms with Crippen LogP contribution in [-0.2, 0) is 10.2 Å². The fraction of sp³-hybridized carbons (Fsp3) is 0.350. The molecule has 3 rings (SSSR count). The van der Waals surface area contributed by atoms with Crippen molar-refractivity contribution >= 4 is 17.6 Å². The number of likely N-dealkylation sites (tertiary alicyclic amines) is 1. The number of guanidine groups is 1. The van der Waals surface area contributed by atoms with Gasteiger partial charge in [-0.05, 0) is 24.1 Å². The van der Waals surface area contributed by atoms with E-state index in [0.29, 0.717) is 5.69 Å². The van der Waals surface area contributed by atoms with Gasteiger partial charge in [-0.1, -0.05) is 37.3 Å². The smallest absolute Gasteiger partial charge is 0.243 e. The summed E-state index contributed by atoms with van der Waals surface area (Å²) >= 11 is 0. The highest BCUT2D eigenvalue weighted by atomic mass is 16.1. The molecule has 1 atom stereocenters. The molecular formula is C20H25N5O. The zero-order valence-corrected chi connectivity index (χ0v) is 15.3. The Labute approximate surface area is 154 Å². The first-order chi connectivity index (χ1) is 12.6. The van der Waals surface area contributed by atoms with Crippen molar-refractivity contribution in [2.75, 3.05) is 32.0 Å². The van der Waals surface area contributed by atoms with Crippen LogP contribution < -0.4 is 10.6 Å². The van der Waals surface area contributed by atoms with E-state index in [2.05, 4.69) is 56.7 Å². The van der Waals surface area contributed by atoms with Gasteiger partial charge in [0.05, 0.1) is 18.4 Å². The highest BCUT2D eigenvalue weighted by Crippen LogP contribution is 2.33. The Morgan fingerprint density at radius 1 is 1.27 bits per heavy atom. The Hall–Kier alpha value is -2.89. The molecule has 0 radical (unpaired) electrons. The van der Waals surface area contributed by atoms with Crippen LogP contribution in [0.15, 0.2) is 59.9 Å². The van der Waals surface area contributed by atoms with Gasteiger partial charge in [-0.2, -0.15) is 0 Å². The number of carbonyl (C=O) groups excluding carboxylic acids is 1. The number of hydrogen-bond acceptors (Lipinski definition) is 3. The molecule has 1 aliphatic heterocycles. The van der Waals surface area contributed by atoms with Crippen LogP contribution >= 0.6 is 0 Å². The van der Waals surface area contributed by atoms with E-state index in [-0.39, 0.29) is 17.9 Å². The Bertz CT molecular complexity index is 762. The standard InChI is InChI=1S/C20H25N5O/c1-20(16-7-4-3-5-8-16)10-12-25(15-20)19(21-2)23-14-18(26)24-17-9-6-11-22-13-17/h3-9,11,13H,10,12,14-15H2,1-2H3,(H,21,23)(H,24,26). The molecule has 1 aromatic carbocycles. The molecule has 0 aliphatic carbocycles. The van der Waals surface area contributed by atoms with Crippen molar-refractivity contribution in [2.45, 2.75) is 18.8 Å². The van der Waals surface area contributed by atoms with Gasteiger partial charge in [0.2, 0.25) is 5.91 Å². The molecule has 1 saturated heterocycles. The number of carbonyl (C=O) groups is 1. The Balaban J connectivity index is 1.56. The molecule has 1 aliphatic rings. The van der Waals surface area contributed by atoms with E-state index in [1.165, 1.54) is 5.56 Å². The maximum Gasteiger partial charge on any atom is 0.243 e. The van der Waals surface area contributed by atoms with Gasteiger partial charge in [-0.15, -0.1) is 0 Å². The molecule has 1 unspecified atom stereocenters. The minimum atomic E-state index is -0.121. The van der Waals surface area contributed by atoms with E-state index in [9.17, 15) is 4.79 Å². The summed E-state index contributed by atoms with van der Waals surface area (Å²) in [6.07, 6.45) is 4.35. The van der Waals surface area contributed by atoms with Gasteiger partial charge in [-0.25, -0.2) is 0 Å². The van der Waals surface area contributed by atoms with E-state index in [0.717, 1.165) is 25.5 Å². The van der Waals surface area contributed by atoms with E-state index >= 15 is 0 Å². The van der Waals surface area contributed by atoms with Gasteiger partial charge in [0.25, 0.3) is 0 Å². The number of anilines is 1. The SMILES string of the molecule is CN=C(NCC(=O)Nc1cccnc1)N1CCC(C)(c2ccccc2)C1. The van der Waals surface area contributed by atoms with Crippen LogP contribution in [0.2, 0.25) is 0 Å². The van der Waals surface area contributed by atoms with Crippen LogP contribution in [0.25, 0.3) is 0 Å². The van der Waals surface area contributed by atoms with Crippen LogP contribution in [0.1, 0.15) is 18.9 Å². The number of amides is 1. The Morgan fingerprint density at radius 2 is 2.08 bits per heavy atom. The summed E-state index contributed by atoms with van der Waals surface area (Å²) in [4.78, 5) is 22.7. The molecule has 0 bridgehead atoms. The number of benzene rings is 1. The molecule has 1 fully saturated rings. The van der Waals surface area contributed by atoms with E-state index in [4.69, 9.17) is 0 Å². The number of rotatable bonds is 4. The van der Waals surface area contributed by atoms with Crippen molar-refractivity contribution in [3.8, 4) is 0 Å². The van der Waals surface area contributed by atoms with Crippen molar-refractivity contribution in [3.63, 3.8) is 0 Å². The van der Waals surface area contributed by atoms with Gasteiger partial charge in [0.15, 0.2) is 5.96 Å². The quantitative estimate of drug-likeness (QED) is 0.655. The van der Waals surface area contributed by atoms with E-state index in [1.807, 2.05) is 12.1 Å². The zero-order valence-electron chi connectivity index (χ0n) is 15.3. The van der Waals surface area contributed by atoms with Crippen molar-refractivity contribution in [1.82, 2.24) is 15.2 Å². The van der Waals surface area contributed by atoms with E-state index in [1.54, 1.807) is 25.5 Å². The first-order valence-corrected chi connectivity index (χ1v) is 8.82. The van der Waals surface area contributed by atoms with Crippen LogP contribution in [0.5, 0.6) is 0 Å². The lowest BCUT2D eigenvalue weighted by molar-refractivity contribution is -0.115. The lowest BCUT2D eigenvalue weighted by atomic mass is 9.82. The molecule has 1 amide bonds. The number of aliphatic imine (C=N–C) groups is 1. The molecule has 136 valence electrons. The highest BCUT2D eigenvalue weighted by Gasteiger charge is 2.36. The number of hydrogen-bond donors (Lipinski definition) is 2. The third-order valence-corrected chi connectivity index (χ3v) is 4.81. The van der Waals surface area contributed by atoms with Gasteiger partial charge >= 0.3 is 0 Å². The predicted molar refractivity (Wildman–Crippen MR) is 104 cm³/mol. The number of pyridine rings is 1. The summed E-state index contributed by atoms with van der Waals surface area (Å²) in [5, 5.41) is 5.98. The molecule has 0 saturated carbocycles. The summed E-state index contributed by atoms with van der Waals surface area (Å²) in [5.74, 6) is 0.634. The average Bonchev–Trinajstić information content (AvgIpc) is 3.07. The predicted octanol–water partition coefficient (Wildman–Crippen LogP) is 2.26.